The highest BCUT2D eigenvalue weighted by molar-refractivity contribution is 6.04. The van der Waals surface area contributed by atoms with Gasteiger partial charge in [-0.25, -0.2) is 18.6 Å². The summed E-state index contributed by atoms with van der Waals surface area (Å²) in [5.41, 5.74) is -2.16. The number of fused-ring (bicyclic) bond motifs is 2. The summed E-state index contributed by atoms with van der Waals surface area (Å²) in [4.78, 5) is 61.7. The lowest BCUT2D eigenvalue weighted by Crippen LogP contribution is -2.70. The van der Waals surface area contributed by atoms with Gasteiger partial charge in [-0.15, -0.1) is 0 Å². The van der Waals surface area contributed by atoms with E-state index < -0.39 is 58.0 Å². The second kappa shape index (κ2) is 15.2. The van der Waals surface area contributed by atoms with Gasteiger partial charge in [-0.1, -0.05) is 6.07 Å². The summed E-state index contributed by atoms with van der Waals surface area (Å²) < 4.78 is 76.8. The zero-order chi connectivity index (χ0) is 44.8. The summed E-state index contributed by atoms with van der Waals surface area (Å²) in [6, 6.07) is 7.73. The number of halogens is 5. The molecule has 1 unspecified atom stereocenters. The fourth-order valence-electron chi connectivity index (χ4n) is 10.0. The van der Waals surface area contributed by atoms with Crippen LogP contribution in [0.3, 0.4) is 0 Å². The van der Waals surface area contributed by atoms with Crippen LogP contribution < -0.4 is 21.2 Å². The number of piperidine rings is 2. The zero-order valence-corrected chi connectivity index (χ0v) is 34.9. The molecular formula is C43H47F5N10O5. The predicted octanol–water partition coefficient (Wildman–Crippen LogP) is 5.53. The van der Waals surface area contributed by atoms with Crippen molar-refractivity contribution in [3.05, 3.63) is 76.4 Å². The number of nitrogens with one attached hydrogen (secondary N) is 2. The molecule has 3 saturated heterocycles. The van der Waals surface area contributed by atoms with Crippen LogP contribution in [0.5, 0.6) is 0 Å². The minimum Gasteiger partial charge on any atom is -0.386 e. The second-order valence-electron chi connectivity index (χ2n) is 18.2. The van der Waals surface area contributed by atoms with E-state index in [0.29, 0.717) is 58.9 Å². The van der Waals surface area contributed by atoms with Crippen molar-refractivity contribution in [1.29, 1.82) is 0 Å². The maximum absolute atomic E-state index is 16.2. The summed E-state index contributed by atoms with van der Waals surface area (Å²) in [6.45, 7) is 4.03. The average molecular weight is 879 g/mol. The number of imide groups is 1. The average Bonchev–Trinajstić information content (AvgIpc) is 3.73. The van der Waals surface area contributed by atoms with Crippen molar-refractivity contribution >= 4 is 51.0 Å². The molecule has 3 aromatic heterocycles. The van der Waals surface area contributed by atoms with Crippen LogP contribution >= 0.6 is 0 Å². The van der Waals surface area contributed by atoms with Gasteiger partial charge >= 0.3 is 11.9 Å². The molecule has 1 aliphatic carbocycles. The van der Waals surface area contributed by atoms with Gasteiger partial charge in [-0.2, -0.15) is 18.3 Å². The van der Waals surface area contributed by atoms with Crippen molar-refractivity contribution in [2.24, 2.45) is 18.4 Å². The van der Waals surface area contributed by atoms with Gasteiger partial charge < -0.3 is 15.3 Å². The van der Waals surface area contributed by atoms with Gasteiger partial charge in [0.2, 0.25) is 11.8 Å². The lowest BCUT2D eigenvalue weighted by atomic mass is 9.68. The first-order valence-electron chi connectivity index (χ1n) is 21.1. The van der Waals surface area contributed by atoms with E-state index in [-0.39, 0.29) is 56.0 Å². The number of aliphatic hydroxyl groups is 1. The third-order valence-electron chi connectivity index (χ3n) is 13.5. The molecule has 63 heavy (non-hydrogen) atoms. The zero-order valence-electron chi connectivity index (χ0n) is 34.9. The van der Waals surface area contributed by atoms with E-state index in [4.69, 9.17) is 5.10 Å². The Morgan fingerprint density at radius 3 is 2.44 bits per heavy atom. The number of nitrogens with zero attached hydrogens (tertiary/aromatic N) is 8. The van der Waals surface area contributed by atoms with Crippen LogP contribution in [0, 0.1) is 11.3 Å². The first kappa shape index (κ1) is 42.5. The highest BCUT2D eigenvalue weighted by atomic mass is 19.4. The largest absolute Gasteiger partial charge is 0.434 e. The van der Waals surface area contributed by atoms with Crippen molar-refractivity contribution in [2.75, 3.05) is 42.9 Å². The van der Waals surface area contributed by atoms with Crippen molar-refractivity contribution in [2.45, 2.75) is 88.6 Å². The molecule has 3 aliphatic heterocycles. The number of benzene rings is 2. The molecule has 5 aromatic rings. The Hall–Kier alpha value is -5.76. The van der Waals surface area contributed by atoms with E-state index in [1.807, 2.05) is 26.7 Å². The molecule has 4 fully saturated rings. The van der Waals surface area contributed by atoms with Crippen LogP contribution in [0.15, 0.2) is 53.7 Å². The smallest absolute Gasteiger partial charge is 0.386 e. The number of rotatable bonds is 8. The van der Waals surface area contributed by atoms with Crippen molar-refractivity contribution in [3.8, 4) is 0 Å². The lowest BCUT2D eigenvalue weighted by Gasteiger charge is -2.58. The SMILES string of the molecule is Cn1c(=O)n(C2CCC(=O)NC2=O)c2cccc(N3CC4(CCN(CC5CCC(n6cc7cc(NC(=O)c8cncc(C(F)(F)F)n8)c(C(C)(C)O)cc7n6)CC5)CC4(F)F)C3)c21. The minimum absolute atomic E-state index is 0.0227. The fourth-order valence-corrected chi connectivity index (χ4v) is 10.0. The van der Waals surface area contributed by atoms with Gasteiger partial charge in [-0.3, -0.25) is 43.4 Å². The molecule has 1 spiro atoms. The van der Waals surface area contributed by atoms with Gasteiger partial charge in [0.25, 0.3) is 11.8 Å². The summed E-state index contributed by atoms with van der Waals surface area (Å²) in [6.07, 6.45) is 2.25. The van der Waals surface area contributed by atoms with E-state index >= 15 is 8.78 Å². The molecule has 334 valence electrons. The molecular weight excluding hydrogens is 832 g/mol. The maximum atomic E-state index is 16.2. The van der Waals surface area contributed by atoms with E-state index in [1.165, 1.54) is 23.0 Å². The Balaban J connectivity index is 0.826. The van der Waals surface area contributed by atoms with Crippen LogP contribution in [-0.4, -0.2) is 95.3 Å². The number of aromatic nitrogens is 6. The molecule has 20 heteroatoms. The van der Waals surface area contributed by atoms with Crippen LogP contribution in [0.1, 0.15) is 92.6 Å². The Morgan fingerprint density at radius 1 is 1.02 bits per heavy atom. The highest BCUT2D eigenvalue weighted by Gasteiger charge is 2.62. The standard InChI is InChI=1S/C43H47F5N10O5/c1-40(2,63)27-16-28-25(15-29(27)51-37(60)30-17-49-18-34(50-30)43(46,47)48)20-57(53-28)26-9-7-24(8-10-26)19-55-14-13-41(42(44,45)23-55)21-56(22-41)31-5-4-6-32-36(31)54(3)39(62)58(32)33-11-12-35(59)52-38(33)61/h4-6,15-18,20,24,26,33,63H,7-14,19,21-23H2,1-3H3,(H,51,60)(H,52,59,61). The number of anilines is 2. The third-order valence-corrected chi connectivity index (χ3v) is 13.5. The van der Waals surface area contributed by atoms with Crippen LogP contribution in [0.2, 0.25) is 0 Å². The second-order valence-corrected chi connectivity index (χ2v) is 18.2. The number of para-hydroxylation sites is 1. The van der Waals surface area contributed by atoms with Crippen molar-refractivity contribution in [1.82, 2.24) is 39.1 Å². The Kier molecular flexibility index (Phi) is 10.3. The van der Waals surface area contributed by atoms with Crippen LogP contribution in [0.25, 0.3) is 21.9 Å². The maximum Gasteiger partial charge on any atom is 0.434 e. The molecule has 1 saturated carbocycles. The number of likely N-dealkylation sites (tertiary alicyclic amines) is 1. The van der Waals surface area contributed by atoms with Gasteiger partial charge in [0.1, 0.15) is 11.7 Å². The molecule has 15 nitrogen and oxygen atoms in total. The normalized spacial score (nSPS) is 23.0. The van der Waals surface area contributed by atoms with E-state index in [2.05, 4.69) is 20.6 Å². The number of carbonyl (C=O) groups excluding carboxylic acids is 3. The monoisotopic (exact) mass is 878 g/mol. The summed E-state index contributed by atoms with van der Waals surface area (Å²) in [7, 11) is 1.60. The molecule has 0 bridgehead atoms. The van der Waals surface area contributed by atoms with Crippen molar-refractivity contribution in [3.63, 3.8) is 0 Å². The van der Waals surface area contributed by atoms with E-state index in [9.17, 15) is 37.5 Å². The number of aryl methyl sites for hydroxylation is 1. The topological polar surface area (TPSA) is 173 Å². The quantitative estimate of drug-likeness (QED) is 0.133. The molecule has 9 rings (SSSR count). The number of carbonyl (C=O) groups is 3. The number of alkyl halides is 5. The number of hydrogen-bond acceptors (Lipinski definition) is 10. The first-order valence-corrected chi connectivity index (χ1v) is 21.1. The van der Waals surface area contributed by atoms with Gasteiger partial charge in [0, 0.05) is 55.9 Å². The molecule has 3 amide bonds. The Labute approximate surface area is 357 Å². The molecule has 0 radical (unpaired) electrons. The molecule has 4 aliphatic rings. The predicted molar refractivity (Wildman–Crippen MR) is 220 cm³/mol. The van der Waals surface area contributed by atoms with Gasteiger partial charge in [-0.05, 0) is 89.1 Å². The van der Waals surface area contributed by atoms with Gasteiger partial charge in [0.05, 0.1) is 58.2 Å². The molecule has 2 aromatic carbocycles. The Bertz CT molecular complexity index is 2710. The summed E-state index contributed by atoms with van der Waals surface area (Å²) in [5, 5.41) is 21.3. The number of imidazole rings is 1. The molecule has 6 heterocycles. The number of hydrogen-bond donors (Lipinski definition) is 3. The van der Waals surface area contributed by atoms with Crippen molar-refractivity contribution < 1.29 is 41.4 Å². The third kappa shape index (κ3) is 7.63. The van der Waals surface area contributed by atoms with E-state index in [1.54, 1.807) is 31.3 Å². The molecule has 3 N–H and O–H groups in total. The summed E-state index contributed by atoms with van der Waals surface area (Å²) >= 11 is 0. The number of amides is 3. The Morgan fingerprint density at radius 2 is 1.76 bits per heavy atom. The summed E-state index contributed by atoms with van der Waals surface area (Å²) in [5.74, 6) is -4.59. The highest BCUT2D eigenvalue weighted by Crippen LogP contribution is 2.52. The van der Waals surface area contributed by atoms with E-state index in [0.717, 1.165) is 31.9 Å². The fraction of sp³-hybridized carbons (Fsp3) is 0.512. The first-order chi connectivity index (χ1) is 29.7. The molecule has 1 atom stereocenters. The van der Waals surface area contributed by atoms with Crippen LogP contribution in [0.4, 0.5) is 33.3 Å². The lowest BCUT2D eigenvalue weighted by molar-refractivity contribution is -0.181. The minimum atomic E-state index is -4.79. The van der Waals surface area contributed by atoms with Crippen LogP contribution in [-0.2, 0) is 28.4 Å². The van der Waals surface area contributed by atoms with Gasteiger partial charge in [0.15, 0.2) is 5.69 Å².